The van der Waals surface area contributed by atoms with Gasteiger partial charge in [0.25, 0.3) is 0 Å². The van der Waals surface area contributed by atoms with Crippen molar-refractivity contribution in [1.29, 1.82) is 0 Å². The first-order chi connectivity index (χ1) is 7.72. The van der Waals surface area contributed by atoms with E-state index >= 15 is 0 Å². The molecule has 2 aliphatic heterocycles. The van der Waals surface area contributed by atoms with Crippen LogP contribution in [0.3, 0.4) is 0 Å². The van der Waals surface area contributed by atoms with Crippen molar-refractivity contribution in [2.75, 3.05) is 0 Å². The van der Waals surface area contributed by atoms with Crippen molar-refractivity contribution in [3.63, 3.8) is 0 Å². The van der Waals surface area contributed by atoms with Crippen molar-refractivity contribution in [3.05, 3.63) is 24.3 Å². The highest BCUT2D eigenvalue weighted by Crippen LogP contribution is 2.59. The number of hydrogen-bond donors (Lipinski definition) is 0. The number of rotatable bonds is 0. The second kappa shape index (κ2) is 4.14. The molecule has 1 spiro atoms. The fourth-order valence-electron chi connectivity index (χ4n) is 1.42. The number of nitrogens with zero attached hydrogens (tertiary/aromatic N) is 2. The average molecular weight is 307 g/mol. The second-order valence-corrected chi connectivity index (χ2v) is 7.13. The Balaban J connectivity index is 2.08. The maximum Gasteiger partial charge on any atom is 0.178 e. The normalized spacial score (nSPS) is 21.6. The Bertz CT molecular complexity index is 470. The van der Waals surface area contributed by atoms with Crippen LogP contribution in [0.4, 0.5) is 0 Å². The maximum absolute atomic E-state index is 6.19. The third-order valence-corrected chi connectivity index (χ3v) is 7.18. The minimum atomic E-state index is -0.557. The van der Waals surface area contributed by atoms with Crippen LogP contribution in [0, 0.1) is 0 Å². The first kappa shape index (κ1) is 11.3. The van der Waals surface area contributed by atoms with Crippen LogP contribution in [0.1, 0.15) is 0 Å². The molecule has 0 N–H and O–H groups in total. The zero-order valence-corrected chi connectivity index (χ0v) is 11.6. The van der Waals surface area contributed by atoms with E-state index in [1.54, 1.807) is 23.5 Å². The summed E-state index contributed by atoms with van der Waals surface area (Å²) in [6.45, 7) is 0. The van der Waals surface area contributed by atoms with Crippen molar-refractivity contribution in [3.8, 4) is 0 Å². The van der Waals surface area contributed by atoms with E-state index in [2.05, 4.69) is 20.9 Å². The topological polar surface area (TPSA) is 24.7 Å². The highest BCUT2D eigenvalue weighted by Gasteiger charge is 2.49. The van der Waals surface area contributed by atoms with Crippen LogP contribution in [0.25, 0.3) is 0 Å². The van der Waals surface area contributed by atoms with Gasteiger partial charge in [-0.2, -0.15) is 8.80 Å². The molecule has 0 bridgehead atoms. The van der Waals surface area contributed by atoms with E-state index in [4.69, 9.17) is 23.2 Å². The summed E-state index contributed by atoms with van der Waals surface area (Å²) in [5.41, 5.74) is 0. The van der Waals surface area contributed by atoms with Gasteiger partial charge in [0.05, 0.1) is 0 Å². The zero-order chi connectivity index (χ0) is 11.2. The smallest absolute Gasteiger partial charge is 0.178 e. The Morgan fingerprint density at radius 1 is 0.938 bits per heavy atom. The van der Waals surface area contributed by atoms with Crippen molar-refractivity contribution in [2.24, 2.45) is 8.80 Å². The summed E-state index contributed by atoms with van der Waals surface area (Å²) >= 11 is 16.6. The van der Waals surface area contributed by atoms with Gasteiger partial charge in [-0.3, -0.25) is 0 Å². The molecule has 1 aromatic rings. The van der Waals surface area contributed by atoms with E-state index in [-0.39, 0.29) is 0 Å². The van der Waals surface area contributed by atoms with Gasteiger partial charge in [-0.1, -0.05) is 58.9 Å². The molecule has 2 heterocycles. The monoisotopic (exact) mass is 306 g/mol. The minimum absolute atomic E-state index is 0.490. The molecule has 0 unspecified atom stereocenters. The number of thioether (sulfide) groups is 2. The van der Waals surface area contributed by atoms with Gasteiger partial charge in [-0.15, -0.1) is 0 Å². The van der Waals surface area contributed by atoms with Crippen LogP contribution in [0.2, 0.25) is 0 Å². The van der Waals surface area contributed by atoms with Crippen molar-refractivity contribution in [1.82, 2.24) is 0 Å². The lowest BCUT2D eigenvalue weighted by molar-refractivity contribution is 1.27. The van der Waals surface area contributed by atoms with Gasteiger partial charge in [0, 0.05) is 9.79 Å². The third-order valence-electron chi connectivity index (χ3n) is 2.14. The fourth-order valence-corrected chi connectivity index (χ4v) is 5.70. The van der Waals surface area contributed by atoms with Crippen LogP contribution in [-0.2, 0) is 0 Å². The SMILES string of the molecule is ClC1=NSN=C(Cl)C12Sc1ccccc1S2. The molecule has 7 heteroatoms. The van der Waals surface area contributed by atoms with E-state index in [9.17, 15) is 0 Å². The molecule has 0 radical (unpaired) electrons. The van der Waals surface area contributed by atoms with Gasteiger partial charge < -0.3 is 0 Å². The van der Waals surface area contributed by atoms with Gasteiger partial charge in [-0.25, -0.2) is 0 Å². The summed E-state index contributed by atoms with van der Waals surface area (Å²) < 4.78 is 7.61. The van der Waals surface area contributed by atoms with E-state index in [0.29, 0.717) is 10.3 Å². The van der Waals surface area contributed by atoms with Gasteiger partial charge in [-0.05, 0) is 12.1 Å². The number of hydrogen-bond acceptors (Lipinski definition) is 5. The molecule has 2 aliphatic rings. The molecule has 0 fully saturated rings. The van der Waals surface area contributed by atoms with Crippen LogP contribution in [-0.4, -0.2) is 14.4 Å². The van der Waals surface area contributed by atoms with Crippen molar-refractivity contribution in [2.45, 2.75) is 13.9 Å². The van der Waals surface area contributed by atoms with E-state index < -0.39 is 4.08 Å². The van der Waals surface area contributed by atoms with Crippen molar-refractivity contribution < 1.29 is 0 Å². The predicted molar refractivity (Wildman–Crippen MR) is 75.1 cm³/mol. The Labute approximate surface area is 116 Å². The maximum atomic E-state index is 6.19. The summed E-state index contributed by atoms with van der Waals surface area (Å²) in [5.74, 6) is 0. The summed E-state index contributed by atoms with van der Waals surface area (Å²) in [6.07, 6.45) is 0. The first-order valence-corrected chi connectivity index (χ1v) is 7.45. The third kappa shape index (κ3) is 1.61. The molecule has 0 saturated heterocycles. The average Bonchev–Trinajstić information content (AvgIpc) is 2.66. The molecule has 82 valence electrons. The molecule has 3 rings (SSSR count). The molecular formula is C9H4Cl2N2S3. The lowest BCUT2D eigenvalue weighted by atomic mass is 10.4. The van der Waals surface area contributed by atoms with E-state index in [0.717, 1.165) is 12.1 Å². The number of halogens is 2. The van der Waals surface area contributed by atoms with Crippen LogP contribution in [0.15, 0.2) is 42.9 Å². The number of fused-ring (bicyclic) bond motifs is 1. The molecule has 0 amide bonds. The molecule has 0 aromatic heterocycles. The lowest BCUT2D eigenvalue weighted by Crippen LogP contribution is -2.33. The zero-order valence-electron chi connectivity index (χ0n) is 7.68. The first-order valence-electron chi connectivity index (χ1n) is 4.33. The molecular weight excluding hydrogens is 303 g/mol. The minimum Gasteiger partial charge on any atom is -0.183 e. The second-order valence-electron chi connectivity index (χ2n) is 3.11. The lowest BCUT2D eigenvalue weighted by Gasteiger charge is -2.25. The Morgan fingerprint density at radius 3 is 1.94 bits per heavy atom. The molecule has 2 nitrogen and oxygen atoms in total. The molecule has 0 aliphatic carbocycles. The number of benzene rings is 1. The highest BCUT2D eigenvalue weighted by molar-refractivity contribution is 8.23. The fraction of sp³-hybridized carbons (Fsp3) is 0.111. The largest absolute Gasteiger partial charge is 0.183 e. The molecule has 1 aromatic carbocycles. The Hall–Kier alpha value is 0.190. The van der Waals surface area contributed by atoms with Crippen LogP contribution >= 0.6 is 58.9 Å². The predicted octanol–water partition coefficient (Wildman–Crippen LogP) is 4.43. The Morgan fingerprint density at radius 2 is 1.44 bits per heavy atom. The summed E-state index contributed by atoms with van der Waals surface area (Å²) in [5, 5.41) is 0.979. The summed E-state index contributed by atoms with van der Waals surface area (Å²) in [7, 11) is 0. The van der Waals surface area contributed by atoms with E-state index in [1.165, 1.54) is 9.79 Å². The van der Waals surface area contributed by atoms with Crippen LogP contribution < -0.4 is 0 Å². The van der Waals surface area contributed by atoms with Crippen LogP contribution in [0.5, 0.6) is 0 Å². The quantitative estimate of drug-likeness (QED) is 0.663. The molecule has 0 saturated carbocycles. The summed E-state index contributed by atoms with van der Waals surface area (Å²) in [4.78, 5) is 2.34. The molecule has 16 heavy (non-hydrogen) atoms. The standard InChI is InChI=1S/C9H4Cl2N2S3/c10-7-9(8(11)13-16-12-7)14-5-3-1-2-4-6(5)15-9/h1-4H. The Kier molecular flexibility index (Phi) is 2.92. The van der Waals surface area contributed by atoms with Gasteiger partial charge in [0.15, 0.2) is 14.4 Å². The van der Waals surface area contributed by atoms with Gasteiger partial charge >= 0.3 is 0 Å². The van der Waals surface area contributed by atoms with Crippen molar-refractivity contribution >= 4 is 69.2 Å². The highest BCUT2D eigenvalue weighted by atomic mass is 35.5. The summed E-state index contributed by atoms with van der Waals surface area (Å²) in [6, 6.07) is 8.11. The van der Waals surface area contributed by atoms with Gasteiger partial charge in [0.1, 0.15) is 12.1 Å². The molecule has 0 atom stereocenters. The van der Waals surface area contributed by atoms with Gasteiger partial charge in [0.2, 0.25) is 0 Å². The van der Waals surface area contributed by atoms with E-state index in [1.807, 2.05) is 12.1 Å².